The minimum absolute atomic E-state index is 0.0929. The summed E-state index contributed by atoms with van der Waals surface area (Å²) in [6.07, 6.45) is 4.17. The van der Waals surface area contributed by atoms with Gasteiger partial charge in [-0.15, -0.1) is 11.3 Å². The van der Waals surface area contributed by atoms with Crippen molar-refractivity contribution in [1.29, 1.82) is 0 Å². The molecule has 6 nitrogen and oxygen atoms in total. The fraction of sp³-hybridized carbons (Fsp3) is 0.122. The minimum Gasteiger partial charge on any atom is -0.462 e. The van der Waals surface area contributed by atoms with Gasteiger partial charge in [0.1, 0.15) is 0 Å². The van der Waals surface area contributed by atoms with E-state index in [1.165, 1.54) is 5.56 Å². The van der Waals surface area contributed by atoms with E-state index < -0.39 is 11.9 Å². The van der Waals surface area contributed by atoms with Gasteiger partial charge in [-0.1, -0.05) is 108 Å². The second kappa shape index (κ2) is 15.7. The molecule has 8 rings (SSSR count). The van der Waals surface area contributed by atoms with Crippen molar-refractivity contribution in [2.75, 3.05) is 13.2 Å². The maximum Gasteiger partial charge on any atom is 0.346 e. The van der Waals surface area contributed by atoms with E-state index in [-0.39, 0.29) is 18.8 Å². The normalized spacial score (nSPS) is 11.4. The summed E-state index contributed by atoms with van der Waals surface area (Å²) in [5.41, 5.74) is 11.3. The molecule has 0 spiro atoms. The fourth-order valence-electron chi connectivity index (χ4n) is 7.25. The first kappa shape index (κ1) is 36.4. The maximum absolute atomic E-state index is 13.8. The lowest BCUT2D eigenvalue weighted by molar-refractivity contribution is -0.142. The Balaban J connectivity index is 1.64. The van der Waals surface area contributed by atoms with Gasteiger partial charge in [0.15, 0.2) is 5.57 Å². The summed E-state index contributed by atoms with van der Waals surface area (Å²) in [5.74, 6) is -1.51. The molecule has 276 valence electrons. The Bertz CT molecular complexity index is 2850. The molecule has 0 fully saturated rings. The summed E-state index contributed by atoms with van der Waals surface area (Å²) < 4.78 is 13.2. The lowest BCUT2D eigenvalue weighted by Gasteiger charge is -2.09. The molecular weight excluding hydrogens is 713 g/mol. The van der Waals surface area contributed by atoms with Gasteiger partial charge in [0.25, 0.3) is 0 Å². The Kier molecular flexibility index (Phi) is 10.2. The van der Waals surface area contributed by atoms with Crippen molar-refractivity contribution in [3.8, 4) is 33.4 Å². The van der Waals surface area contributed by atoms with Gasteiger partial charge in [0.2, 0.25) is 0 Å². The van der Waals surface area contributed by atoms with E-state index in [1.54, 1.807) is 25.2 Å². The van der Waals surface area contributed by atoms with E-state index in [1.807, 2.05) is 54.6 Å². The van der Waals surface area contributed by atoms with Gasteiger partial charge in [-0.25, -0.2) is 14.6 Å². The van der Waals surface area contributed by atoms with E-state index in [0.717, 1.165) is 70.6 Å². The number of hydrogen-bond donors (Lipinski definition) is 1. The number of thiophene rings is 1. The summed E-state index contributed by atoms with van der Waals surface area (Å²) in [6, 6.07) is 43.4. The number of benzene rings is 4. The summed E-state index contributed by atoms with van der Waals surface area (Å²) >= 11 is 1.70. The van der Waals surface area contributed by atoms with Crippen LogP contribution in [-0.4, -0.2) is 35.1 Å². The number of nitrogens with zero attached hydrogens (tertiary/aromatic N) is 1. The van der Waals surface area contributed by atoms with Crippen molar-refractivity contribution in [1.82, 2.24) is 9.97 Å². The molecule has 8 bridgehead atoms. The van der Waals surface area contributed by atoms with Gasteiger partial charge < -0.3 is 14.5 Å². The topological polar surface area (TPSA) is 81.3 Å². The number of fused-ring (bicyclic) bond motifs is 8. The molecule has 4 heterocycles. The number of H-pyrrole nitrogens is 1. The lowest BCUT2D eigenvalue weighted by Crippen LogP contribution is -2.25. The number of nitrogens with one attached hydrogen (secondary N) is 1. The number of aromatic amines is 1. The van der Waals surface area contributed by atoms with Crippen LogP contribution in [0.2, 0.25) is 0 Å². The largest absolute Gasteiger partial charge is 0.462 e. The van der Waals surface area contributed by atoms with Crippen LogP contribution in [0.5, 0.6) is 0 Å². The zero-order chi connectivity index (χ0) is 38.8. The van der Waals surface area contributed by atoms with Gasteiger partial charge in [0, 0.05) is 42.3 Å². The third-order valence-corrected chi connectivity index (χ3v) is 11.0. The Morgan fingerprint density at radius 2 is 1.11 bits per heavy atom. The predicted molar refractivity (Wildman–Crippen MR) is 231 cm³/mol. The Morgan fingerprint density at radius 1 is 0.571 bits per heavy atom. The van der Waals surface area contributed by atoms with E-state index in [4.69, 9.17) is 14.5 Å². The van der Waals surface area contributed by atoms with Crippen LogP contribution in [0.4, 0.5) is 0 Å². The summed E-state index contributed by atoms with van der Waals surface area (Å²) in [6.45, 7) is 7.80. The van der Waals surface area contributed by atoms with Gasteiger partial charge in [-0.05, 0) is 97.6 Å². The molecule has 0 unspecified atom stereocenters. The van der Waals surface area contributed by atoms with Crippen molar-refractivity contribution >= 4 is 72.2 Å². The average Bonchev–Trinajstić information content (AvgIpc) is 3.99. The minimum atomic E-state index is -0.753. The third-order valence-electron chi connectivity index (χ3n) is 9.87. The molecule has 1 aliphatic heterocycles. The Morgan fingerprint density at radius 3 is 1.73 bits per heavy atom. The fourth-order valence-corrected chi connectivity index (χ4v) is 8.41. The maximum atomic E-state index is 13.8. The Labute approximate surface area is 329 Å². The number of carbonyl (C=O) groups is 2. The molecule has 1 aliphatic rings. The number of esters is 2. The van der Waals surface area contributed by atoms with Crippen LogP contribution >= 0.6 is 11.3 Å². The second-order valence-corrected chi connectivity index (χ2v) is 14.7. The van der Waals surface area contributed by atoms with Gasteiger partial charge in [0.05, 0.1) is 24.6 Å². The van der Waals surface area contributed by atoms with Crippen LogP contribution in [-0.2, 0) is 19.1 Å². The molecule has 0 amide bonds. The Hall–Kier alpha value is -6.57. The van der Waals surface area contributed by atoms with Gasteiger partial charge in [-0.3, -0.25) is 0 Å². The SMILES string of the molecule is CCOC(=O)C(C(=O)OCC)=c1c2cccc(c2)c(-c2ccccc2)c2nc(c(-c3ccc(C)cc3)c3ccc(s3)c(-c3ccc(C)cc3)c3ccc1[nH]3)C=C2. The molecule has 0 aliphatic carbocycles. The molecule has 3 aromatic heterocycles. The molecular formula is C49H40N2O4S. The van der Waals surface area contributed by atoms with Crippen molar-refractivity contribution < 1.29 is 19.1 Å². The van der Waals surface area contributed by atoms with Crippen LogP contribution in [0.3, 0.4) is 0 Å². The lowest BCUT2D eigenvalue weighted by atomic mass is 9.99. The molecule has 7 aromatic rings. The summed E-state index contributed by atoms with van der Waals surface area (Å²) in [5, 5.41) is 1.89. The van der Waals surface area contributed by atoms with Gasteiger partial charge in [-0.2, -0.15) is 0 Å². The number of carbonyl (C=O) groups excluding carboxylic acids is 2. The van der Waals surface area contributed by atoms with E-state index >= 15 is 0 Å². The highest BCUT2D eigenvalue weighted by Gasteiger charge is 2.24. The number of rotatable bonds is 7. The van der Waals surface area contributed by atoms with Crippen molar-refractivity contribution in [2.45, 2.75) is 27.7 Å². The van der Waals surface area contributed by atoms with Gasteiger partial charge >= 0.3 is 11.9 Å². The van der Waals surface area contributed by atoms with Crippen LogP contribution < -0.4 is 5.22 Å². The molecule has 0 radical (unpaired) electrons. The standard InChI is InChI=1S/C49H40N2O4S/c1-5-54-48(52)47(49(53)55-6-2)46-36-14-10-13-35(29-36)43(32-11-8-7-9-12-32)37-23-24-38(50-37)44(33-19-15-30(3)16-20-33)41-27-28-42(56-41)45(39-25-26-40(46)51-39)34-21-17-31(4)18-22-34/h7-29,51H,5-6H2,1-4H3. The molecule has 4 aromatic carbocycles. The molecule has 56 heavy (non-hydrogen) atoms. The quantitative estimate of drug-likeness (QED) is 0.129. The first-order valence-corrected chi connectivity index (χ1v) is 19.6. The third kappa shape index (κ3) is 7.05. The van der Waals surface area contributed by atoms with Crippen LogP contribution in [0.1, 0.15) is 36.4 Å². The van der Waals surface area contributed by atoms with Crippen molar-refractivity contribution in [2.24, 2.45) is 0 Å². The molecule has 1 N–H and O–H groups in total. The number of aromatic nitrogens is 2. The van der Waals surface area contributed by atoms with Crippen LogP contribution in [0.25, 0.3) is 82.3 Å². The number of hydrogen-bond acceptors (Lipinski definition) is 6. The summed E-state index contributed by atoms with van der Waals surface area (Å²) in [7, 11) is 0. The second-order valence-electron chi connectivity index (χ2n) is 13.7. The molecule has 0 atom stereocenters. The van der Waals surface area contributed by atoms with Crippen molar-refractivity contribution in [3.63, 3.8) is 0 Å². The molecule has 0 saturated carbocycles. The average molecular weight is 753 g/mol. The number of ether oxygens (including phenoxy) is 2. The highest BCUT2D eigenvalue weighted by molar-refractivity contribution is 7.24. The molecule has 7 heteroatoms. The van der Waals surface area contributed by atoms with E-state index in [2.05, 4.69) is 104 Å². The van der Waals surface area contributed by atoms with Crippen LogP contribution in [0.15, 0.2) is 127 Å². The highest BCUT2D eigenvalue weighted by Crippen LogP contribution is 2.39. The summed E-state index contributed by atoms with van der Waals surface area (Å²) in [4.78, 5) is 36.7. The first-order chi connectivity index (χ1) is 27.3. The predicted octanol–water partition coefficient (Wildman–Crippen LogP) is 11.3. The highest BCUT2D eigenvalue weighted by atomic mass is 32.1. The smallest absolute Gasteiger partial charge is 0.346 e. The van der Waals surface area contributed by atoms with Crippen LogP contribution in [0, 0.1) is 13.8 Å². The van der Waals surface area contributed by atoms with E-state index in [9.17, 15) is 9.59 Å². The number of aryl methyl sites for hydroxylation is 2. The first-order valence-electron chi connectivity index (χ1n) is 18.8. The molecule has 0 saturated heterocycles. The zero-order valence-electron chi connectivity index (χ0n) is 31.7. The van der Waals surface area contributed by atoms with Crippen molar-refractivity contribution in [3.05, 3.63) is 155 Å². The monoisotopic (exact) mass is 752 g/mol. The zero-order valence-corrected chi connectivity index (χ0v) is 32.5. The van der Waals surface area contributed by atoms with E-state index in [0.29, 0.717) is 16.1 Å².